The number of hydrogen-bond donors (Lipinski definition) is 0. The van der Waals surface area contributed by atoms with Crippen LogP contribution in [0.25, 0.3) is 11.4 Å². The summed E-state index contributed by atoms with van der Waals surface area (Å²) >= 11 is 6.25. The fourth-order valence-electron chi connectivity index (χ4n) is 4.26. The fraction of sp³-hybridized carbons (Fsp3) is 0.318. The van der Waals surface area contributed by atoms with E-state index in [4.69, 9.17) is 20.9 Å². The number of fused-ring (bicyclic) bond motifs is 3. The molecule has 1 heterocycles. The molecule has 1 aromatic heterocycles. The Labute approximate surface area is 171 Å². The molecule has 0 saturated heterocycles. The van der Waals surface area contributed by atoms with Gasteiger partial charge in [0.1, 0.15) is 5.82 Å². The van der Waals surface area contributed by atoms with Crippen LogP contribution in [0, 0.1) is 24.6 Å². The molecule has 0 amide bonds. The lowest BCUT2D eigenvalue weighted by molar-refractivity contribution is -0.152. The zero-order valence-corrected chi connectivity index (χ0v) is 16.6. The summed E-state index contributed by atoms with van der Waals surface area (Å²) in [7, 11) is 0. The molecule has 0 aliphatic heterocycles. The predicted molar refractivity (Wildman–Crippen MR) is 104 cm³/mol. The van der Waals surface area contributed by atoms with Gasteiger partial charge in [0.25, 0.3) is 5.89 Å². The van der Waals surface area contributed by atoms with Crippen LogP contribution in [0.3, 0.4) is 0 Å². The van der Waals surface area contributed by atoms with Crippen LogP contribution in [-0.2, 0) is 16.0 Å². The van der Waals surface area contributed by atoms with Gasteiger partial charge in [0.05, 0.1) is 5.92 Å². The minimum Gasteiger partial charge on any atom is -0.452 e. The number of aryl methyl sites for hydroxylation is 1. The molecule has 148 valence electrons. The SMILES string of the molecule is Cc1ccc(-c2noc(C(C)OC(=O)C3C4Cc5c(Cl)cccc5C43)n2)cc1F. The van der Waals surface area contributed by atoms with Crippen molar-refractivity contribution in [3.63, 3.8) is 0 Å². The van der Waals surface area contributed by atoms with Crippen LogP contribution in [0.15, 0.2) is 40.9 Å². The number of carbonyl (C=O) groups excluding carboxylic acids is 1. The third-order valence-electron chi connectivity index (χ3n) is 5.91. The van der Waals surface area contributed by atoms with Gasteiger partial charge in [0, 0.05) is 16.5 Å². The number of hydrogen-bond acceptors (Lipinski definition) is 5. The van der Waals surface area contributed by atoms with Crippen molar-refractivity contribution in [1.29, 1.82) is 0 Å². The molecule has 3 aromatic rings. The Kier molecular flexibility index (Phi) is 4.21. The summed E-state index contributed by atoms with van der Waals surface area (Å²) in [5.41, 5.74) is 3.34. The summed E-state index contributed by atoms with van der Waals surface area (Å²) < 4.78 is 24.6. The molecule has 5 nitrogen and oxygen atoms in total. The number of benzene rings is 2. The first-order valence-corrected chi connectivity index (χ1v) is 9.89. The Hall–Kier alpha value is -2.73. The first-order chi connectivity index (χ1) is 13.9. The van der Waals surface area contributed by atoms with E-state index < -0.39 is 6.10 Å². The maximum Gasteiger partial charge on any atom is 0.310 e. The lowest BCUT2D eigenvalue weighted by Crippen LogP contribution is -2.14. The third-order valence-corrected chi connectivity index (χ3v) is 6.26. The Balaban J connectivity index is 1.27. The number of nitrogens with zero attached hydrogens (tertiary/aromatic N) is 2. The van der Waals surface area contributed by atoms with Gasteiger partial charge in [-0.05, 0) is 55.0 Å². The molecule has 0 N–H and O–H groups in total. The number of rotatable bonds is 4. The van der Waals surface area contributed by atoms with E-state index in [1.54, 1.807) is 26.0 Å². The minimum absolute atomic E-state index is 0.156. The predicted octanol–water partition coefficient (Wildman–Crippen LogP) is 5.03. The molecule has 2 aliphatic rings. The van der Waals surface area contributed by atoms with Gasteiger partial charge in [0.15, 0.2) is 6.10 Å². The molecule has 2 aromatic carbocycles. The quantitative estimate of drug-likeness (QED) is 0.562. The van der Waals surface area contributed by atoms with Crippen LogP contribution in [0.5, 0.6) is 0 Å². The van der Waals surface area contributed by atoms with Crippen LogP contribution in [0.2, 0.25) is 5.02 Å². The highest BCUT2D eigenvalue weighted by molar-refractivity contribution is 6.31. The maximum atomic E-state index is 13.8. The monoisotopic (exact) mass is 412 g/mol. The Morgan fingerprint density at radius 1 is 1.34 bits per heavy atom. The van der Waals surface area contributed by atoms with E-state index in [9.17, 15) is 9.18 Å². The van der Waals surface area contributed by atoms with Crippen molar-refractivity contribution in [3.05, 3.63) is 69.8 Å². The number of carbonyl (C=O) groups is 1. The van der Waals surface area contributed by atoms with Crippen molar-refractivity contribution in [3.8, 4) is 11.4 Å². The number of esters is 1. The van der Waals surface area contributed by atoms with Gasteiger partial charge in [-0.2, -0.15) is 4.98 Å². The van der Waals surface area contributed by atoms with Gasteiger partial charge >= 0.3 is 5.97 Å². The van der Waals surface area contributed by atoms with Gasteiger partial charge in [-0.15, -0.1) is 0 Å². The van der Waals surface area contributed by atoms with E-state index in [0.29, 0.717) is 11.1 Å². The van der Waals surface area contributed by atoms with Gasteiger partial charge in [-0.1, -0.05) is 41.0 Å². The van der Waals surface area contributed by atoms with Crippen LogP contribution in [0.4, 0.5) is 4.39 Å². The molecule has 1 saturated carbocycles. The van der Waals surface area contributed by atoms with Crippen molar-refractivity contribution in [2.75, 3.05) is 0 Å². The molecule has 2 aliphatic carbocycles. The van der Waals surface area contributed by atoms with Gasteiger partial charge in [-0.3, -0.25) is 4.79 Å². The first-order valence-electron chi connectivity index (χ1n) is 9.52. The van der Waals surface area contributed by atoms with E-state index in [1.165, 1.54) is 6.07 Å². The standard InChI is InChI=1S/C22H18ClFN2O3/c1-10-6-7-12(8-17(10)24)20-25-21(29-26-20)11(2)28-22(27)19-15-9-14-13(18(15)19)4-3-5-16(14)23/h3-8,11,15,18-19H,9H2,1-2H3. The molecule has 7 heteroatoms. The Morgan fingerprint density at radius 2 is 2.17 bits per heavy atom. The lowest BCUT2D eigenvalue weighted by atomic mass is 10.0. The van der Waals surface area contributed by atoms with Gasteiger partial charge < -0.3 is 9.26 Å². The van der Waals surface area contributed by atoms with Crippen LogP contribution in [0.1, 0.15) is 41.5 Å². The zero-order valence-electron chi connectivity index (χ0n) is 15.9. The average Bonchev–Trinajstić information content (AvgIpc) is 3.03. The molecule has 1 fully saturated rings. The molecule has 4 atom stereocenters. The smallest absolute Gasteiger partial charge is 0.310 e. The van der Waals surface area contributed by atoms with Crippen LogP contribution < -0.4 is 0 Å². The van der Waals surface area contributed by atoms with Gasteiger partial charge in [-0.25, -0.2) is 4.39 Å². The molecule has 29 heavy (non-hydrogen) atoms. The summed E-state index contributed by atoms with van der Waals surface area (Å²) in [6, 6.07) is 10.6. The first kappa shape index (κ1) is 18.3. The third kappa shape index (κ3) is 3.02. The second-order valence-electron chi connectivity index (χ2n) is 7.73. The van der Waals surface area contributed by atoms with Crippen molar-refractivity contribution >= 4 is 17.6 Å². The van der Waals surface area contributed by atoms with Crippen molar-refractivity contribution < 1.29 is 18.4 Å². The summed E-state index contributed by atoms with van der Waals surface area (Å²) in [4.78, 5) is 16.9. The van der Waals surface area contributed by atoms with Crippen LogP contribution >= 0.6 is 11.6 Å². The summed E-state index contributed by atoms with van der Waals surface area (Å²) in [5, 5.41) is 4.65. The fourth-order valence-corrected chi connectivity index (χ4v) is 4.52. The van der Waals surface area contributed by atoms with E-state index in [-0.39, 0.29) is 41.3 Å². The normalized spacial score (nSPS) is 22.7. The van der Waals surface area contributed by atoms with Crippen molar-refractivity contribution in [1.82, 2.24) is 10.1 Å². The molecular formula is C22H18ClFN2O3. The number of halogens is 2. The largest absolute Gasteiger partial charge is 0.452 e. The summed E-state index contributed by atoms with van der Waals surface area (Å²) in [6.07, 6.45) is 0.122. The number of aromatic nitrogens is 2. The minimum atomic E-state index is -0.681. The van der Waals surface area contributed by atoms with Crippen molar-refractivity contribution in [2.24, 2.45) is 11.8 Å². The van der Waals surface area contributed by atoms with E-state index in [2.05, 4.69) is 10.1 Å². The Bertz CT molecular complexity index is 1130. The highest BCUT2D eigenvalue weighted by atomic mass is 35.5. The number of ether oxygens (including phenoxy) is 1. The topological polar surface area (TPSA) is 65.2 Å². The molecule has 0 bridgehead atoms. The molecule has 4 unspecified atom stereocenters. The zero-order chi connectivity index (χ0) is 20.3. The van der Waals surface area contributed by atoms with Crippen molar-refractivity contribution in [2.45, 2.75) is 32.3 Å². The van der Waals surface area contributed by atoms with E-state index >= 15 is 0 Å². The molecule has 5 rings (SSSR count). The Morgan fingerprint density at radius 3 is 2.97 bits per heavy atom. The summed E-state index contributed by atoms with van der Waals surface area (Å²) in [6.45, 7) is 3.37. The van der Waals surface area contributed by atoms with E-state index in [1.807, 2.05) is 18.2 Å². The lowest BCUT2D eigenvalue weighted by Gasteiger charge is -2.12. The second kappa shape index (κ2) is 6.66. The molecular weight excluding hydrogens is 395 g/mol. The van der Waals surface area contributed by atoms with Gasteiger partial charge in [0.2, 0.25) is 5.82 Å². The maximum absolute atomic E-state index is 13.8. The van der Waals surface area contributed by atoms with E-state index in [0.717, 1.165) is 22.6 Å². The average molecular weight is 413 g/mol. The molecule has 0 radical (unpaired) electrons. The highest BCUT2D eigenvalue weighted by Gasteiger charge is 2.60. The highest BCUT2D eigenvalue weighted by Crippen LogP contribution is 2.62. The summed E-state index contributed by atoms with van der Waals surface area (Å²) in [5.74, 6) is 0.109. The molecule has 0 spiro atoms. The van der Waals surface area contributed by atoms with Crippen LogP contribution in [-0.4, -0.2) is 16.1 Å². The second-order valence-corrected chi connectivity index (χ2v) is 8.13.